The first-order chi connectivity index (χ1) is 8.87. The fraction of sp³-hybridized carbons (Fsp3) is 0.538. The quantitative estimate of drug-likeness (QED) is 0.669. The van der Waals surface area contributed by atoms with E-state index in [-0.39, 0.29) is 11.8 Å². The lowest BCUT2D eigenvalue weighted by Gasteiger charge is -2.18. The van der Waals surface area contributed by atoms with Gasteiger partial charge >= 0.3 is 0 Å². The number of ether oxygens (including phenoxy) is 2. The average molecular weight is 266 g/mol. The zero-order chi connectivity index (χ0) is 14.0. The van der Waals surface area contributed by atoms with Crippen LogP contribution in [0.15, 0.2) is 18.2 Å². The molecule has 0 aromatic heterocycles. The molecule has 0 saturated carbocycles. The summed E-state index contributed by atoms with van der Waals surface area (Å²) in [6, 6.07) is 4.77. The van der Waals surface area contributed by atoms with E-state index < -0.39 is 10.7 Å². The molecule has 6 heteroatoms. The monoisotopic (exact) mass is 266 g/mol. The van der Waals surface area contributed by atoms with Crippen LogP contribution in [0.4, 0.5) is 11.4 Å². The molecule has 6 nitrogen and oxygen atoms in total. The van der Waals surface area contributed by atoms with Gasteiger partial charge in [0.2, 0.25) is 0 Å². The van der Waals surface area contributed by atoms with Gasteiger partial charge < -0.3 is 14.8 Å². The zero-order valence-corrected chi connectivity index (χ0v) is 11.3. The van der Waals surface area contributed by atoms with Gasteiger partial charge in [0.1, 0.15) is 6.10 Å². The van der Waals surface area contributed by atoms with E-state index in [2.05, 4.69) is 5.32 Å². The molecule has 0 spiro atoms. The van der Waals surface area contributed by atoms with Crippen LogP contribution < -0.4 is 5.32 Å². The predicted molar refractivity (Wildman–Crippen MR) is 71.2 cm³/mol. The van der Waals surface area contributed by atoms with Gasteiger partial charge in [-0.1, -0.05) is 6.07 Å². The first-order valence-corrected chi connectivity index (χ1v) is 6.18. The number of anilines is 1. The van der Waals surface area contributed by atoms with Gasteiger partial charge in [-0.25, -0.2) is 0 Å². The first kappa shape index (κ1) is 13.8. The molecule has 1 N–H and O–H groups in total. The Balaban J connectivity index is 2.00. The van der Waals surface area contributed by atoms with Crippen LogP contribution in [0.2, 0.25) is 0 Å². The van der Waals surface area contributed by atoms with Crippen LogP contribution in [-0.2, 0) is 9.47 Å². The Labute approximate surface area is 111 Å². The summed E-state index contributed by atoms with van der Waals surface area (Å²) in [4.78, 5) is 10.3. The molecule has 1 aliphatic heterocycles. The van der Waals surface area contributed by atoms with Gasteiger partial charge in [0.05, 0.1) is 11.5 Å². The summed E-state index contributed by atoms with van der Waals surface area (Å²) in [5, 5.41) is 13.9. The summed E-state index contributed by atoms with van der Waals surface area (Å²) in [7, 11) is 0. The maximum atomic E-state index is 10.7. The maximum absolute atomic E-state index is 10.7. The molecule has 0 aliphatic carbocycles. The highest BCUT2D eigenvalue weighted by Gasteiger charge is 2.32. The Morgan fingerprint density at radius 3 is 2.84 bits per heavy atom. The largest absolute Gasteiger partial charge is 0.382 e. The molecule has 1 fully saturated rings. The van der Waals surface area contributed by atoms with Crippen LogP contribution in [0.5, 0.6) is 0 Å². The average Bonchev–Trinajstić information content (AvgIpc) is 2.67. The molecule has 2 rings (SSSR count). The SMILES string of the molecule is Cc1ccc([N+](=O)[O-])cc1NCC1COC(C)(C)O1. The predicted octanol–water partition coefficient (Wildman–Crippen LogP) is 2.47. The van der Waals surface area contributed by atoms with Crippen molar-refractivity contribution in [3.63, 3.8) is 0 Å². The molecular weight excluding hydrogens is 248 g/mol. The molecule has 1 unspecified atom stereocenters. The third kappa shape index (κ3) is 3.42. The van der Waals surface area contributed by atoms with Crippen molar-refractivity contribution in [3.8, 4) is 0 Å². The summed E-state index contributed by atoms with van der Waals surface area (Å²) in [5.41, 5.74) is 1.79. The number of aryl methyl sites for hydroxylation is 1. The Bertz CT molecular complexity index is 488. The maximum Gasteiger partial charge on any atom is 0.271 e. The minimum absolute atomic E-state index is 0.0475. The Morgan fingerprint density at radius 1 is 1.53 bits per heavy atom. The number of rotatable bonds is 4. The van der Waals surface area contributed by atoms with Crippen molar-refractivity contribution >= 4 is 11.4 Å². The fourth-order valence-corrected chi connectivity index (χ4v) is 2.00. The molecule has 1 saturated heterocycles. The summed E-state index contributed by atoms with van der Waals surface area (Å²) in [5.74, 6) is -0.552. The Morgan fingerprint density at radius 2 is 2.26 bits per heavy atom. The second kappa shape index (κ2) is 5.14. The molecule has 19 heavy (non-hydrogen) atoms. The molecular formula is C13H18N2O4. The van der Waals surface area contributed by atoms with Crippen molar-refractivity contribution in [2.45, 2.75) is 32.7 Å². The number of benzene rings is 1. The zero-order valence-electron chi connectivity index (χ0n) is 11.3. The molecule has 0 radical (unpaired) electrons. The van der Waals surface area contributed by atoms with E-state index in [0.717, 1.165) is 11.3 Å². The molecule has 1 aromatic rings. The smallest absolute Gasteiger partial charge is 0.271 e. The number of nitrogens with one attached hydrogen (secondary N) is 1. The second-order valence-electron chi connectivity index (χ2n) is 5.09. The molecule has 1 heterocycles. The van der Waals surface area contributed by atoms with E-state index >= 15 is 0 Å². The number of nitro benzene ring substituents is 1. The van der Waals surface area contributed by atoms with Crippen LogP contribution in [0.3, 0.4) is 0 Å². The van der Waals surface area contributed by atoms with E-state index in [1.54, 1.807) is 6.07 Å². The topological polar surface area (TPSA) is 73.6 Å². The number of hydrogen-bond donors (Lipinski definition) is 1. The van der Waals surface area contributed by atoms with E-state index in [0.29, 0.717) is 13.2 Å². The molecule has 0 bridgehead atoms. The highest BCUT2D eigenvalue weighted by molar-refractivity contribution is 5.56. The van der Waals surface area contributed by atoms with E-state index in [1.165, 1.54) is 12.1 Å². The van der Waals surface area contributed by atoms with Crippen molar-refractivity contribution in [2.24, 2.45) is 0 Å². The number of nitro groups is 1. The summed E-state index contributed by atoms with van der Waals surface area (Å²) in [6.07, 6.45) is -0.0475. The molecule has 1 aromatic carbocycles. The molecule has 104 valence electrons. The lowest BCUT2D eigenvalue weighted by Crippen LogP contribution is -2.26. The Hall–Kier alpha value is -1.66. The van der Waals surface area contributed by atoms with Gasteiger partial charge in [0.15, 0.2) is 5.79 Å². The van der Waals surface area contributed by atoms with Crippen LogP contribution in [0, 0.1) is 17.0 Å². The minimum Gasteiger partial charge on any atom is -0.382 e. The highest BCUT2D eigenvalue weighted by atomic mass is 16.7. The molecule has 1 atom stereocenters. The number of hydrogen-bond acceptors (Lipinski definition) is 5. The third-order valence-corrected chi connectivity index (χ3v) is 3.02. The van der Waals surface area contributed by atoms with Crippen molar-refractivity contribution in [1.82, 2.24) is 0 Å². The van der Waals surface area contributed by atoms with E-state index in [4.69, 9.17) is 9.47 Å². The third-order valence-electron chi connectivity index (χ3n) is 3.02. The second-order valence-corrected chi connectivity index (χ2v) is 5.09. The van der Waals surface area contributed by atoms with E-state index in [1.807, 2.05) is 20.8 Å². The van der Waals surface area contributed by atoms with Gasteiger partial charge in [-0.05, 0) is 26.3 Å². The van der Waals surface area contributed by atoms with Crippen molar-refractivity contribution < 1.29 is 14.4 Å². The lowest BCUT2D eigenvalue weighted by molar-refractivity contribution is -0.384. The lowest BCUT2D eigenvalue weighted by atomic mass is 10.2. The summed E-state index contributed by atoms with van der Waals surface area (Å²) >= 11 is 0. The number of non-ortho nitro benzene ring substituents is 1. The number of nitrogens with zero attached hydrogens (tertiary/aromatic N) is 1. The van der Waals surface area contributed by atoms with Crippen molar-refractivity contribution in [2.75, 3.05) is 18.5 Å². The normalized spacial score (nSPS) is 21.3. The molecule has 1 aliphatic rings. The first-order valence-electron chi connectivity index (χ1n) is 6.18. The minimum atomic E-state index is -0.552. The van der Waals surface area contributed by atoms with Gasteiger partial charge in [-0.2, -0.15) is 0 Å². The van der Waals surface area contributed by atoms with Gasteiger partial charge in [0.25, 0.3) is 5.69 Å². The van der Waals surface area contributed by atoms with E-state index in [9.17, 15) is 10.1 Å². The Kier molecular flexibility index (Phi) is 3.73. The van der Waals surface area contributed by atoms with Crippen molar-refractivity contribution in [3.05, 3.63) is 33.9 Å². The standard InChI is InChI=1S/C13H18N2O4/c1-9-4-5-10(15(16)17)6-12(9)14-7-11-8-18-13(2,3)19-11/h4-6,11,14H,7-8H2,1-3H3. The van der Waals surface area contributed by atoms with Crippen molar-refractivity contribution in [1.29, 1.82) is 0 Å². The van der Waals surface area contributed by atoms with Crippen LogP contribution in [-0.4, -0.2) is 30.0 Å². The highest BCUT2D eigenvalue weighted by Crippen LogP contribution is 2.25. The van der Waals surface area contributed by atoms with Gasteiger partial charge in [-0.3, -0.25) is 10.1 Å². The summed E-state index contributed by atoms with van der Waals surface area (Å²) in [6.45, 7) is 6.72. The van der Waals surface area contributed by atoms with Gasteiger partial charge in [0, 0.05) is 24.4 Å². The fourth-order valence-electron chi connectivity index (χ4n) is 2.00. The molecule has 0 amide bonds. The van der Waals surface area contributed by atoms with Crippen LogP contribution in [0.25, 0.3) is 0 Å². The van der Waals surface area contributed by atoms with Crippen LogP contribution >= 0.6 is 0 Å². The van der Waals surface area contributed by atoms with Gasteiger partial charge in [-0.15, -0.1) is 0 Å². The van der Waals surface area contributed by atoms with Crippen LogP contribution in [0.1, 0.15) is 19.4 Å². The summed E-state index contributed by atoms with van der Waals surface area (Å²) < 4.78 is 11.1.